The molecular formula is C10H16NO2S+. The van der Waals surface area contributed by atoms with Crippen LogP contribution in [-0.2, 0) is 0 Å². The molecule has 0 saturated heterocycles. The van der Waals surface area contributed by atoms with Gasteiger partial charge in [0, 0.05) is 0 Å². The van der Waals surface area contributed by atoms with Gasteiger partial charge in [0.2, 0.25) is 5.12 Å². The number of furan rings is 1. The van der Waals surface area contributed by atoms with Crippen LogP contribution >= 0.6 is 11.8 Å². The lowest BCUT2D eigenvalue weighted by molar-refractivity contribution is -0.867. The summed E-state index contributed by atoms with van der Waals surface area (Å²) in [6.07, 6.45) is 3.01. The summed E-state index contributed by atoms with van der Waals surface area (Å²) >= 11 is 1.35. The van der Waals surface area contributed by atoms with Crippen LogP contribution in [0.25, 0.3) is 0 Å². The highest BCUT2D eigenvalue weighted by Gasteiger charge is 2.11. The lowest BCUT2D eigenvalue weighted by Crippen LogP contribution is -2.36. The van der Waals surface area contributed by atoms with E-state index in [0.717, 1.165) is 16.8 Å². The summed E-state index contributed by atoms with van der Waals surface area (Å²) in [5.41, 5.74) is 0.649. The van der Waals surface area contributed by atoms with Crippen LogP contribution in [0, 0.1) is 0 Å². The minimum atomic E-state index is 0.0900. The highest BCUT2D eigenvalue weighted by Crippen LogP contribution is 2.13. The second-order valence-electron chi connectivity index (χ2n) is 4.16. The second-order valence-corrected chi connectivity index (χ2v) is 5.23. The van der Waals surface area contributed by atoms with E-state index in [-0.39, 0.29) is 5.12 Å². The first-order chi connectivity index (χ1) is 6.49. The summed E-state index contributed by atoms with van der Waals surface area (Å²) in [5.74, 6) is 0.841. The highest BCUT2D eigenvalue weighted by atomic mass is 32.2. The van der Waals surface area contributed by atoms with E-state index >= 15 is 0 Å². The Hall–Kier alpha value is -0.740. The predicted octanol–water partition coefficient (Wildman–Crippen LogP) is 1.86. The van der Waals surface area contributed by atoms with Crippen LogP contribution < -0.4 is 0 Å². The Morgan fingerprint density at radius 2 is 2.21 bits per heavy atom. The lowest BCUT2D eigenvalue weighted by Gasteiger charge is -2.23. The topological polar surface area (TPSA) is 30.2 Å². The molecule has 0 atom stereocenters. The molecule has 0 radical (unpaired) electrons. The quantitative estimate of drug-likeness (QED) is 0.717. The van der Waals surface area contributed by atoms with E-state index < -0.39 is 0 Å². The molecule has 0 aromatic carbocycles. The third kappa shape index (κ3) is 3.98. The van der Waals surface area contributed by atoms with E-state index in [1.807, 2.05) is 0 Å². The molecule has 0 aliphatic heterocycles. The van der Waals surface area contributed by atoms with Crippen molar-refractivity contribution in [2.24, 2.45) is 0 Å². The van der Waals surface area contributed by atoms with Crippen molar-refractivity contribution in [3.63, 3.8) is 0 Å². The molecule has 4 heteroatoms. The molecule has 0 bridgehead atoms. The average Bonchev–Trinajstić information content (AvgIpc) is 2.53. The monoisotopic (exact) mass is 214 g/mol. The van der Waals surface area contributed by atoms with Crippen molar-refractivity contribution < 1.29 is 13.7 Å². The molecule has 0 spiro atoms. The number of carbonyl (C=O) groups excluding carboxylic acids is 1. The summed E-state index contributed by atoms with van der Waals surface area (Å²) in [7, 11) is 6.34. The fourth-order valence-corrected chi connectivity index (χ4v) is 1.98. The van der Waals surface area contributed by atoms with E-state index in [9.17, 15) is 4.79 Å². The summed E-state index contributed by atoms with van der Waals surface area (Å²) in [6.45, 7) is 0.980. The van der Waals surface area contributed by atoms with Crippen LogP contribution in [0.15, 0.2) is 23.0 Å². The summed E-state index contributed by atoms with van der Waals surface area (Å²) in [6, 6.07) is 1.70. The first-order valence-corrected chi connectivity index (χ1v) is 5.47. The maximum absolute atomic E-state index is 11.5. The SMILES string of the molecule is C[N+](C)(C)CCSC(=O)c1ccoc1. The summed E-state index contributed by atoms with van der Waals surface area (Å²) < 4.78 is 5.73. The van der Waals surface area contributed by atoms with Crippen molar-refractivity contribution in [2.75, 3.05) is 33.4 Å². The lowest BCUT2D eigenvalue weighted by atomic mass is 10.4. The largest absolute Gasteiger partial charge is 0.472 e. The Balaban J connectivity index is 2.30. The van der Waals surface area contributed by atoms with Gasteiger partial charge < -0.3 is 8.90 Å². The Morgan fingerprint density at radius 3 is 2.71 bits per heavy atom. The number of hydrogen-bond acceptors (Lipinski definition) is 3. The Kier molecular flexibility index (Phi) is 3.77. The first-order valence-electron chi connectivity index (χ1n) is 4.49. The zero-order valence-electron chi connectivity index (χ0n) is 8.82. The number of carbonyl (C=O) groups is 1. The molecule has 0 saturated carbocycles. The van der Waals surface area contributed by atoms with Gasteiger partial charge in [-0.1, -0.05) is 11.8 Å². The van der Waals surface area contributed by atoms with Crippen LogP contribution in [-0.4, -0.2) is 43.0 Å². The van der Waals surface area contributed by atoms with Crippen molar-refractivity contribution in [2.45, 2.75) is 0 Å². The number of thioether (sulfide) groups is 1. The zero-order chi connectivity index (χ0) is 10.6. The van der Waals surface area contributed by atoms with E-state index in [2.05, 4.69) is 21.1 Å². The van der Waals surface area contributed by atoms with Crippen LogP contribution in [0.3, 0.4) is 0 Å². The van der Waals surface area contributed by atoms with Crippen molar-refractivity contribution in [1.82, 2.24) is 0 Å². The smallest absolute Gasteiger partial charge is 0.222 e. The van der Waals surface area contributed by atoms with Crippen molar-refractivity contribution >= 4 is 16.9 Å². The van der Waals surface area contributed by atoms with Crippen LogP contribution in [0.1, 0.15) is 10.4 Å². The molecule has 1 rings (SSSR count). The molecule has 0 aliphatic carbocycles. The predicted molar refractivity (Wildman–Crippen MR) is 58.4 cm³/mol. The van der Waals surface area contributed by atoms with Gasteiger partial charge in [-0.25, -0.2) is 0 Å². The number of quaternary nitrogens is 1. The molecule has 0 N–H and O–H groups in total. The van der Waals surface area contributed by atoms with Crippen LogP contribution in [0.5, 0.6) is 0 Å². The normalized spacial score (nSPS) is 11.6. The van der Waals surface area contributed by atoms with Crippen LogP contribution in [0.2, 0.25) is 0 Å². The van der Waals surface area contributed by atoms with Crippen molar-refractivity contribution in [1.29, 1.82) is 0 Å². The Morgan fingerprint density at radius 1 is 1.50 bits per heavy atom. The molecule has 0 aliphatic rings. The molecule has 0 amide bonds. The van der Waals surface area contributed by atoms with Crippen LogP contribution in [0.4, 0.5) is 0 Å². The minimum absolute atomic E-state index is 0.0900. The molecular weight excluding hydrogens is 198 g/mol. The van der Waals surface area contributed by atoms with Gasteiger partial charge in [0.1, 0.15) is 6.26 Å². The highest BCUT2D eigenvalue weighted by molar-refractivity contribution is 8.14. The molecule has 1 aromatic heterocycles. The zero-order valence-corrected chi connectivity index (χ0v) is 9.63. The fraction of sp³-hybridized carbons (Fsp3) is 0.500. The summed E-state index contributed by atoms with van der Waals surface area (Å²) in [5, 5.41) is 0.0900. The van der Waals surface area contributed by atoms with Gasteiger partial charge in [-0.3, -0.25) is 4.79 Å². The average molecular weight is 214 g/mol. The number of hydrogen-bond donors (Lipinski definition) is 0. The summed E-state index contributed by atoms with van der Waals surface area (Å²) in [4.78, 5) is 11.5. The van der Waals surface area contributed by atoms with E-state index in [1.54, 1.807) is 6.07 Å². The Labute approximate surface area is 88.7 Å². The molecule has 1 aromatic rings. The van der Waals surface area contributed by atoms with E-state index in [0.29, 0.717) is 5.56 Å². The van der Waals surface area contributed by atoms with Gasteiger partial charge in [-0.05, 0) is 6.07 Å². The molecule has 14 heavy (non-hydrogen) atoms. The van der Waals surface area contributed by atoms with Crippen molar-refractivity contribution in [3.8, 4) is 0 Å². The van der Waals surface area contributed by atoms with Gasteiger partial charge >= 0.3 is 0 Å². The minimum Gasteiger partial charge on any atom is -0.472 e. The molecule has 78 valence electrons. The second kappa shape index (κ2) is 4.66. The van der Waals surface area contributed by atoms with E-state index in [1.165, 1.54) is 24.3 Å². The first kappa shape index (κ1) is 11.3. The van der Waals surface area contributed by atoms with Gasteiger partial charge in [-0.2, -0.15) is 0 Å². The third-order valence-corrected chi connectivity index (χ3v) is 2.64. The van der Waals surface area contributed by atoms with Gasteiger partial charge in [-0.15, -0.1) is 0 Å². The number of rotatable bonds is 4. The van der Waals surface area contributed by atoms with Gasteiger partial charge in [0.25, 0.3) is 0 Å². The van der Waals surface area contributed by atoms with Crippen molar-refractivity contribution in [3.05, 3.63) is 24.2 Å². The Bertz CT molecular complexity index is 288. The molecule has 1 heterocycles. The molecule has 0 unspecified atom stereocenters. The third-order valence-electron chi connectivity index (χ3n) is 1.75. The maximum Gasteiger partial charge on any atom is 0.222 e. The van der Waals surface area contributed by atoms with Gasteiger partial charge in [0.05, 0.1) is 45.3 Å². The van der Waals surface area contributed by atoms with E-state index in [4.69, 9.17) is 4.42 Å². The maximum atomic E-state index is 11.5. The number of nitrogens with zero attached hydrogens (tertiary/aromatic N) is 1. The van der Waals surface area contributed by atoms with Gasteiger partial charge in [0.15, 0.2) is 0 Å². The standard InChI is InChI=1S/C10H16NO2S/c1-11(2,3)5-7-14-10(12)9-4-6-13-8-9/h4,6,8H,5,7H2,1-3H3/q+1. The molecule has 0 fully saturated rings. The molecule has 3 nitrogen and oxygen atoms in total. The fourth-order valence-electron chi connectivity index (χ4n) is 0.876.